The summed E-state index contributed by atoms with van der Waals surface area (Å²) in [6.07, 6.45) is 4.37. The van der Waals surface area contributed by atoms with Crippen LogP contribution in [0.25, 0.3) is 0 Å². The van der Waals surface area contributed by atoms with E-state index in [0.29, 0.717) is 0 Å². The molecule has 102 valence electrons. The molecule has 1 heterocycles. The lowest BCUT2D eigenvalue weighted by Gasteiger charge is -2.32. The molecule has 1 amide bonds. The van der Waals surface area contributed by atoms with E-state index in [1.54, 1.807) is 0 Å². The van der Waals surface area contributed by atoms with E-state index in [-0.39, 0.29) is 17.4 Å². The zero-order chi connectivity index (χ0) is 13.5. The second-order valence-corrected chi connectivity index (χ2v) is 6.25. The van der Waals surface area contributed by atoms with Crippen LogP contribution in [0.4, 0.5) is 5.69 Å². The lowest BCUT2D eigenvalue weighted by Crippen LogP contribution is -2.42. The summed E-state index contributed by atoms with van der Waals surface area (Å²) in [5.41, 5.74) is 3.57. The van der Waals surface area contributed by atoms with Gasteiger partial charge < -0.3 is 10.6 Å². The van der Waals surface area contributed by atoms with Crippen LogP contribution in [-0.4, -0.2) is 12.5 Å². The first-order chi connectivity index (χ1) is 9.08. The van der Waals surface area contributed by atoms with E-state index in [9.17, 15) is 4.79 Å². The second kappa shape index (κ2) is 4.55. The van der Waals surface area contributed by atoms with Gasteiger partial charge in [0.25, 0.3) is 0 Å². The highest BCUT2D eigenvalue weighted by molar-refractivity contribution is 5.81. The van der Waals surface area contributed by atoms with E-state index in [4.69, 9.17) is 0 Å². The third-order valence-electron chi connectivity index (χ3n) is 4.15. The molecule has 1 aliphatic carbocycles. The molecular formula is C16H22N2O. The number of amides is 1. The molecule has 1 saturated carbocycles. The van der Waals surface area contributed by atoms with Gasteiger partial charge in [0.2, 0.25) is 5.91 Å². The lowest BCUT2D eigenvalue weighted by atomic mass is 9.86. The maximum Gasteiger partial charge on any atom is 0.223 e. The summed E-state index contributed by atoms with van der Waals surface area (Å²) in [4.78, 5) is 12.0. The monoisotopic (exact) mass is 258 g/mol. The Morgan fingerprint density at radius 3 is 2.89 bits per heavy atom. The van der Waals surface area contributed by atoms with Gasteiger partial charge in [-0.25, -0.2) is 0 Å². The minimum atomic E-state index is -0.288. The van der Waals surface area contributed by atoms with Gasteiger partial charge in [0, 0.05) is 18.2 Å². The normalized spacial score (nSPS) is 18.4. The van der Waals surface area contributed by atoms with Crippen molar-refractivity contribution >= 4 is 11.6 Å². The summed E-state index contributed by atoms with van der Waals surface area (Å²) < 4.78 is 0. The first-order valence-electron chi connectivity index (χ1n) is 7.26. The molecule has 0 bridgehead atoms. The van der Waals surface area contributed by atoms with Crippen LogP contribution >= 0.6 is 0 Å². The van der Waals surface area contributed by atoms with Crippen molar-refractivity contribution in [3.8, 4) is 0 Å². The molecular weight excluding hydrogens is 236 g/mol. The number of hydrogen-bond donors (Lipinski definition) is 2. The van der Waals surface area contributed by atoms with Crippen molar-refractivity contribution < 1.29 is 4.79 Å². The Morgan fingerprint density at radius 1 is 1.37 bits per heavy atom. The van der Waals surface area contributed by atoms with E-state index in [2.05, 4.69) is 42.7 Å². The highest BCUT2D eigenvalue weighted by atomic mass is 16.2. The molecule has 1 aromatic rings. The first-order valence-corrected chi connectivity index (χ1v) is 7.26. The maximum absolute atomic E-state index is 12.0. The molecule has 19 heavy (non-hydrogen) atoms. The van der Waals surface area contributed by atoms with E-state index in [1.807, 2.05) is 0 Å². The van der Waals surface area contributed by atoms with Crippen molar-refractivity contribution in [2.75, 3.05) is 11.9 Å². The van der Waals surface area contributed by atoms with E-state index >= 15 is 0 Å². The topological polar surface area (TPSA) is 41.1 Å². The molecule has 2 aliphatic rings. The van der Waals surface area contributed by atoms with E-state index < -0.39 is 0 Å². The second-order valence-electron chi connectivity index (χ2n) is 6.25. The average molecular weight is 258 g/mol. The predicted octanol–water partition coefficient (Wildman–Crippen LogP) is 2.81. The standard InChI is InChI=1S/C16H22N2O/c1-16(2,18-15(19)11-8-9-11)13-6-3-7-14-12(13)5-4-10-17-14/h3,6-7,11,17H,4-5,8-10H2,1-2H3,(H,18,19). The fourth-order valence-electron chi connectivity index (χ4n) is 2.92. The summed E-state index contributed by atoms with van der Waals surface area (Å²) in [5.74, 6) is 0.475. The molecule has 3 heteroatoms. The number of fused-ring (bicyclic) bond motifs is 1. The molecule has 0 saturated heterocycles. The number of hydrogen-bond acceptors (Lipinski definition) is 2. The Hall–Kier alpha value is -1.51. The third-order valence-corrected chi connectivity index (χ3v) is 4.15. The van der Waals surface area contributed by atoms with Gasteiger partial charge in [0.05, 0.1) is 5.54 Å². The van der Waals surface area contributed by atoms with Crippen LogP contribution in [-0.2, 0) is 16.8 Å². The SMILES string of the molecule is CC(C)(NC(=O)C1CC1)c1cccc2c1CCCN2. The number of rotatable bonds is 3. The van der Waals surface area contributed by atoms with Crippen molar-refractivity contribution in [3.05, 3.63) is 29.3 Å². The fourth-order valence-corrected chi connectivity index (χ4v) is 2.92. The zero-order valence-corrected chi connectivity index (χ0v) is 11.8. The Labute approximate surface area is 114 Å². The molecule has 3 nitrogen and oxygen atoms in total. The van der Waals surface area contributed by atoms with Crippen molar-refractivity contribution in [1.82, 2.24) is 5.32 Å². The quantitative estimate of drug-likeness (QED) is 0.875. The van der Waals surface area contributed by atoms with Crippen LogP contribution in [0.1, 0.15) is 44.2 Å². The number of carbonyl (C=O) groups is 1. The largest absolute Gasteiger partial charge is 0.385 e. The highest BCUT2D eigenvalue weighted by Gasteiger charge is 2.34. The van der Waals surface area contributed by atoms with E-state index in [1.165, 1.54) is 16.8 Å². The van der Waals surface area contributed by atoms with Crippen molar-refractivity contribution in [3.63, 3.8) is 0 Å². The number of anilines is 1. The molecule has 0 atom stereocenters. The molecule has 1 aromatic carbocycles. The molecule has 0 spiro atoms. The van der Waals surface area contributed by atoms with Crippen LogP contribution in [0.15, 0.2) is 18.2 Å². The smallest absolute Gasteiger partial charge is 0.223 e. The zero-order valence-electron chi connectivity index (χ0n) is 11.8. The summed E-state index contributed by atoms with van der Waals surface area (Å²) in [5, 5.41) is 6.67. The van der Waals surface area contributed by atoms with Gasteiger partial charge in [0.1, 0.15) is 0 Å². The van der Waals surface area contributed by atoms with Gasteiger partial charge in [-0.15, -0.1) is 0 Å². The average Bonchev–Trinajstić information content (AvgIpc) is 3.22. The van der Waals surface area contributed by atoms with Gasteiger partial charge in [-0.3, -0.25) is 4.79 Å². The minimum Gasteiger partial charge on any atom is -0.385 e. The minimum absolute atomic E-state index is 0.214. The number of carbonyl (C=O) groups excluding carboxylic acids is 1. The molecule has 0 unspecified atom stereocenters. The molecule has 1 fully saturated rings. The van der Waals surface area contributed by atoms with Crippen LogP contribution in [0.2, 0.25) is 0 Å². The Kier molecular flexibility index (Phi) is 3.00. The van der Waals surface area contributed by atoms with Crippen molar-refractivity contribution in [2.45, 2.75) is 45.1 Å². The summed E-state index contributed by atoms with van der Waals surface area (Å²) in [7, 11) is 0. The van der Waals surface area contributed by atoms with E-state index in [0.717, 1.165) is 32.2 Å². The number of nitrogens with one attached hydrogen (secondary N) is 2. The summed E-state index contributed by atoms with van der Waals surface area (Å²) in [6, 6.07) is 6.37. The van der Waals surface area contributed by atoms with Crippen molar-refractivity contribution in [1.29, 1.82) is 0 Å². The third kappa shape index (κ3) is 2.46. The molecule has 2 N–H and O–H groups in total. The highest BCUT2D eigenvalue weighted by Crippen LogP contribution is 2.34. The number of benzene rings is 1. The first kappa shape index (κ1) is 12.5. The predicted molar refractivity (Wildman–Crippen MR) is 77.1 cm³/mol. The summed E-state index contributed by atoms with van der Waals surface area (Å²) in [6.45, 7) is 5.26. The van der Waals surface area contributed by atoms with Gasteiger partial charge in [-0.1, -0.05) is 12.1 Å². The molecule has 1 aliphatic heterocycles. The fraction of sp³-hybridized carbons (Fsp3) is 0.562. The Bertz CT molecular complexity index is 503. The van der Waals surface area contributed by atoms with Gasteiger partial charge in [-0.2, -0.15) is 0 Å². The molecule has 0 radical (unpaired) electrons. The Balaban J connectivity index is 1.89. The van der Waals surface area contributed by atoms with Crippen LogP contribution < -0.4 is 10.6 Å². The molecule has 3 rings (SSSR count). The van der Waals surface area contributed by atoms with Gasteiger partial charge >= 0.3 is 0 Å². The van der Waals surface area contributed by atoms with Gasteiger partial charge in [-0.05, 0) is 56.7 Å². The Morgan fingerprint density at radius 2 is 2.16 bits per heavy atom. The molecule has 0 aromatic heterocycles. The van der Waals surface area contributed by atoms with Crippen LogP contribution in [0.3, 0.4) is 0 Å². The van der Waals surface area contributed by atoms with Crippen LogP contribution in [0.5, 0.6) is 0 Å². The van der Waals surface area contributed by atoms with Crippen molar-refractivity contribution in [2.24, 2.45) is 5.92 Å². The summed E-state index contributed by atoms with van der Waals surface area (Å²) >= 11 is 0. The lowest BCUT2D eigenvalue weighted by molar-refractivity contribution is -0.124. The van der Waals surface area contributed by atoms with Gasteiger partial charge in [0.15, 0.2) is 0 Å². The van der Waals surface area contributed by atoms with Crippen LogP contribution in [0, 0.1) is 5.92 Å². The maximum atomic E-state index is 12.0.